The van der Waals surface area contributed by atoms with Crippen LogP contribution in [-0.4, -0.2) is 38.5 Å². The summed E-state index contributed by atoms with van der Waals surface area (Å²) in [5.74, 6) is 0.0452. The summed E-state index contributed by atoms with van der Waals surface area (Å²) in [6.45, 7) is 4.46. The van der Waals surface area contributed by atoms with Gasteiger partial charge in [-0.2, -0.15) is 0 Å². The van der Waals surface area contributed by atoms with Crippen LogP contribution < -0.4 is 10.0 Å². The lowest BCUT2D eigenvalue weighted by Gasteiger charge is -2.10. The quantitative estimate of drug-likeness (QED) is 0.665. The molecule has 3 N–H and O–H groups in total. The van der Waals surface area contributed by atoms with Crippen LogP contribution in [0.3, 0.4) is 0 Å². The van der Waals surface area contributed by atoms with Crippen LogP contribution in [0.2, 0.25) is 0 Å². The number of nitrogens with one attached hydrogen (secondary N) is 2. The maximum absolute atomic E-state index is 11.8. The molecule has 0 radical (unpaired) electrons. The first-order valence-corrected chi connectivity index (χ1v) is 8.02. The van der Waals surface area contributed by atoms with E-state index in [0.29, 0.717) is 18.7 Å². The topological polar surface area (TPSA) is 78.4 Å². The van der Waals surface area contributed by atoms with Crippen molar-refractivity contribution in [1.29, 1.82) is 0 Å². The van der Waals surface area contributed by atoms with Crippen LogP contribution >= 0.6 is 0 Å². The van der Waals surface area contributed by atoms with E-state index in [1.807, 2.05) is 13.8 Å². The minimum atomic E-state index is -3.32. The highest BCUT2D eigenvalue weighted by Gasteiger charge is 2.10. The van der Waals surface area contributed by atoms with E-state index in [0.717, 1.165) is 5.56 Å². The Hall–Kier alpha value is -1.11. The highest BCUT2D eigenvalue weighted by molar-refractivity contribution is 7.92. The van der Waals surface area contributed by atoms with Gasteiger partial charge >= 0.3 is 0 Å². The number of aliphatic hydroxyl groups excluding tert-OH is 1. The Morgan fingerprint density at radius 1 is 1.21 bits per heavy atom. The summed E-state index contributed by atoms with van der Waals surface area (Å²) in [4.78, 5) is 0. The van der Waals surface area contributed by atoms with Crippen molar-refractivity contribution >= 4 is 15.7 Å². The van der Waals surface area contributed by atoms with Crippen LogP contribution in [0, 0.1) is 0 Å². The lowest BCUT2D eigenvalue weighted by atomic mass is 10.1. The Bertz CT molecular complexity index is 469. The zero-order valence-electron chi connectivity index (χ0n) is 11.4. The molecule has 0 bridgehead atoms. The number of aliphatic hydroxyl groups is 1. The van der Waals surface area contributed by atoms with Gasteiger partial charge in [-0.3, -0.25) is 4.72 Å². The molecule has 0 amide bonds. The minimum Gasteiger partial charge on any atom is -0.396 e. The van der Waals surface area contributed by atoms with Crippen molar-refractivity contribution in [2.24, 2.45) is 0 Å². The highest BCUT2D eigenvalue weighted by atomic mass is 32.2. The van der Waals surface area contributed by atoms with Crippen LogP contribution in [0.4, 0.5) is 5.69 Å². The van der Waals surface area contributed by atoms with E-state index in [-0.39, 0.29) is 18.4 Å². The molecule has 6 heteroatoms. The van der Waals surface area contributed by atoms with Crippen molar-refractivity contribution in [2.45, 2.75) is 26.3 Å². The third-order valence-electron chi connectivity index (χ3n) is 2.55. The van der Waals surface area contributed by atoms with Gasteiger partial charge in [0.15, 0.2) is 0 Å². The summed E-state index contributed by atoms with van der Waals surface area (Å²) in [6.07, 6.45) is 0.575. The van der Waals surface area contributed by atoms with E-state index < -0.39 is 10.0 Å². The number of hydrogen-bond acceptors (Lipinski definition) is 4. The molecule has 0 heterocycles. The summed E-state index contributed by atoms with van der Waals surface area (Å²) < 4.78 is 26.1. The lowest BCUT2D eigenvalue weighted by Crippen LogP contribution is -2.30. The molecule has 0 saturated carbocycles. The summed E-state index contributed by atoms with van der Waals surface area (Å²) in [5.41, 5.74) is 1.53. The fraction of sp³-hybridized carbons (Fsp3) is 0.538. The summed E-state index contributed by atoms with van der Waals surface area (Å²) in [7, 11) is -3.32. The fourth-order valence-electron chi connectivity index (χ4n) is 1.58. The van der Waals surface area contributed by atoms with Crippen molar-refractivity contribution in [3.63, 3.8) is 0 Å². The molecule has 1 rings (SSSR count). The van der Waals surface area contributed by atoms with E-state index >= 15 is 0 Å². The molecule has 0 atom stereocenters. The highest BCUT2D eigenvalue weighted by Crippen LogP contribution is 2.11. The van der Waals surface area contributed by atoms with Gasteiger partial charge in [-0.25, -0.2) is 8.42 Å². The number of benzene rings is 1. The number of anilines is 1. The average Bonchev–Trinajstić information content (AvgIpc) is 2.31. The molecule has 19 heavy (non-hydrogen) atoms. The van der Waals surface area contributed by atoms with E-state index in [2.05, 4.69) is 10.0 Å². The van der Waals surface area contributed by atoms with Gasteiger partial charge in [0.1, 0.15) is 0 Å². The second-order valence-corrected chi connectivity index (χ2v) is 6.54. The van der Waals surface area contributed by atoms with Crippen molar-refractivity contribution < 1.29 is 13.5 Å². The molecule has 0 fully saturated rings. The van der Waals surface area contributed by atoms with Crippen molar-refractivity contribution in [3.8, 4) is 0 Å². The van der Waals surface area contributed by atoms with Gasteiger partial charge in [-0.15, -0.1) is 0 Å². The van der Waals surface area contributed by atoms with Crippen molar-refractivity contribution in [3.05, 3.63) is 29.8 Å². The van der Waals surface area contributed by atoms with Crippen LogP contribution in [0.5, 0.6) is 0 Å². The van der Waals surface area contributed by atoms with Crippen molar-refractivity contribution in [1.82, 2.24) is 5.32 Å². The van der Waals surface area contributed by atoms with Gasteiger partial charge in [0.2, 0.25) is 10.0 Å². The predicted molar refractivity (Wildman–Crippen MR) is 77.8 cm³/mol. The predicted octanol–water partition coefficient (Wildman–Crippen LogP) is 0.961. The van der Waals surface area contributed by atoms with E-state index in [1.54, 1.807) is 24.3 Å². The van der Waals surface area contributed by atoms with Crippen molar-refractivity contribution in [2.75, 3.05) is 23.6 Å². The van der Waals surface area contributed by atoms with Crippen LogP contribution in [-0.2, 0) is 16.4 Å². The normalized spacial score (nSPS) is 11.8. The van der Waals surface area contributed by atoms with Gasteiger partial charge in [-0.05, 0) is 24.1 Å². The zero-order chi connectivity index (χ0) is 14.3. The van der Waals surface area contributed by atoms with Gasteiger partial charge in [0, 0.05) is 24.9 Å². The molecule has 0 aliphatic carbocycles. The molecule has 0 aliphatic heterocycles. The largest absolute Gasteiger partial charge is 0.396 e. The summed E-state index contributed by atoms with van der Waals surface area (Å²) in [5, 5.41) is 11.9. The third-order valence-corrected chi connectivity index (χ3v) is 3.84. The number of sulfonamides is 1. The second-order valence-electron chi connectivity index (χ2n) is 4.70. The maximum Gasteiger partial charge on any atom is 0.233 e. The Morgan fingerprint density at radius 3 is 2.37 bits per heavy atom. The standard InChI is InChI=1S/C13H22N2O3S/c1-11(2)14-8-10-19(17,18)15-13-5-3-12(4-6-13)7-9-16/h3-6,11,14-16H,7-10H2,1-2H3. The zero-order valence-corrected chi connectivity index (χ0v) is 12.2. The van der Waals surface area contributed by atoms with Gasteiger partial charge in [0.25, 0.3) is 0 Å². The number of rotatable bonds is 8. The van der Waals surface area contributed by atoms with Gasteiger partial charge < -0.3 is 10.4 Å². The summed E-state index contributed by atoms with van der Waals surface area (Å²) in [6, 6.07) is 7.30. The third kappa shape index (κ3) is 6.56. The Balaban J connectivity index is 2.52. The molecular weight excluding hydrogens is 264 g/mol. The molecular formula is C13H22N2O3S. The van der Waals surface area contributed by atoms with Gasteiger partial charge in [-0.1, -0.05) is 26.0 Å². The Kier molecular flexibility index (Phi) is 6.27. The first-order valence-electron chi connectivity index (χ1n) is 6.36. The molecule has 0 aliphatic rings. The SMILES string of the molecule is CC(C)NCCS(=O)(=O)Nc1ccc(CCO)cc1. The Labute approximate surface area is 115 Å². The molecule has 108 valence electrons. The van der Waals surface area contributed by atoms with Crippen LogP contribution in [0.25, 0.3) is 0 Å². The van der Waals surface area contributed by atoms with Gasteiger partial charge in [0.05, 0.1) is 5.75 Å². The van der Waals surface area contributed by atoms with E-state index in [1.165, 1.54) is 0 Å². The van der Waals surface area contributed by atoms with E-state index in [9.17, 15) is 8.42 Å². The monoisotopic (exact) mass is 286 g/mol. The Morgan fingerprint density at radius 2 is 1.84 bits per heavy atom. The number of hydrogen-bond donors (Lipinski definition) is 3. The lowest BCUT2D eigenvalue weighted by molar-refractivity contribution is 0.299. The summed E-state index contributed by atoms with van der Waals surface area (Å²) >= 11 is 0. The molecule has 5 nitrogen and oxygen atoms in total. The molecule has 0 aromatic heterocycles. The smallest absolute Gasteiger partial charge is 0.233 e. The fourth-order valence-corrected chi connectivity index (χ4v) is 2.56. The van der Waals surface area contributed by atoms with E-state index in [4.69, 9.17) is 5.11 Å². The molecule has 0 unspecified atom stereocenters. The second kappa shape index (κ2) is 7.47. The molecule has 0 spiro atoms. The van der Waals surface area contributed by atoms with Crippen LogP contribution in [0.15, 0.2) is 24.3 Å². The molecule has 0 saturated heterocycles. The molecule has 1 aromatic carbocycles. The molecule has 1 aromatic rings. The van der Waals surface area contributed by atoms with Crippen LogP contribution in [0.1, 0.15) is 19.4 Å². The average molecular weight is 286 g/mol. The minimum absolute atomic E-state index is 0.0452. The first kappa shape index (κ1) is 15.9. The first-order chi connectivity index (χ1) is 8.93. The maximum atomic E-state index is 11.8.